The average molecular weight is 310 g/mol. The maximum atomic E-state index is 12.7. The van der Waals surface area contributed by atoms with Gasteiger partial charge in [0.1, 0.15) is 5.56 Å². The van der Waals surface area contributed by atoms with Crippen LogP contribution in [0.5, 0.6) is 0 Å². The van der Waals surface area contributed by atoms with Gasteiger partial charge in [-0.25, -0.2) is 0 Å². The molecule has 0 radical (unpaired) electrons. The zero-order chi connectivity index (χ0) is 15.6. The van der Waals surface area contributed by atoms with E-state index in [-0.39, 0.29) is 35.7 Å². The molecule has 1 amide bonds. The van der Waals surface area contributed by atoms with Gasteiger partial charge in [0.25, 0.3) is 11.6 Å². The summed E-state index contributed by atoms with van der Waals surface area (Å²) in [6.07, 6.45) is 2.65. The number of thioether (sulfide) groups is 1. The minimum absolute atomic E-state index is 0.0967. The van der Waals surface area contributed by atoms with Gasteiger partial charge in [-0.3, -0.25) is 14.9 Å². The van der Waals surface area contributed by atoms with Crippen LogP contribution in [0.4, 0.5) is 5.69 Å². The van der Waals surface area contributed by atoms with Crippen molar-refractivity contribution in [2.45, 2.75) is 24.3 Å². The second-order valence-electron chi connectivity index (χ2n) is 5.15. The van der Waals surface area contributed by atoms with Crippen LogP contribution < -0.4 is 0 Å². The summed E-state index contributed by atoms with van der Waals surface area (Å²) >= 11 is 1.43. The number of carbonyl (C=O) groups excluding carboxylic acids is 1. The Hall–Kier alpha value is -1.60. The third kappa shape index (κ3) is 3.03. The van der Waals surface area contributed by atoms with E-state index in [1.165, 1.54) is 17.8 Å². The van der Waals surface area contributed by atoms with E-state index in [2.05, 4.69) is 0 Å². The predicted octanol–water partition coefficient (Wildman–Crippen LogP) is 2.16. The van der Waals surface area contributed by atoms with Crippen molar-refractivity contribution in [1.29, 1.82) is 0 Å². The van der Waals surface area contributed by atoms with E-state index in [9.17, 15) is 20.0 Å². The third-order valence-electron chi connectivity index (χ3n) is 3.96. The van der Waals surface area contributed by atoms with Crippen molar-refractivity contribution in [3.05, 3.63) is 33.9 Å². The van der Waals surface area contributed by atoms with Gasteiger partial charge in [0.2, 0.25) is 0 Å². The van der Waals surface area contributed by atoms with Crippen LogP contribution in [-0.4, -0.2) is 46.3 Å². The van der Waals surface area contributed by atoms with Crippen LogP contribution in [0.1, 0.15) is 23.7 Å². The molecule has 1 aromatic carbocycles. The fourth-order valence-corrected chi connectivity index (χ4v) is 3.11. The Balaban J connectivity index is 2.40. The van der Waals surface area contributed by atoms with E-state index in [0.717, 1.165) is 11.3 Å². The third-order valence-corrected chi connectivity index (χ3v) is 4.69. The standard InChI is InChI=1S/C14H18N2O4S/c1-9-5-6-15(13(9)8-17)14(18)11-7-10(21-2)3-4-12(11)16(19)20/h3-4,7,9,13,17H,5-6,8H2,1-2H3. The van der Waals surface area contributed by atoms with Crippen molar-refractivity contribution in [1.82, 2.24) is 4.90 Å². The van der Waals surface area contributed by atoms with Gasteiger partial charge in [-0.05, 0) is 30.7 Å². The average Bonchev–Trinajstić information content (AvgIpc) is 2.86. The molecule has 21 heavy (non-hydrogen) atoms. The lowest BCUT2D eigenvalue weighted by atomic mass is 10.0. The van der Waals surface area contributed by atoms with Gasteiger partial charge in [-0.1, -0.05) is 6.92 Å². The quantitative estimate of drug-likeness (QED) is 0.523. The molecule has 7 heteroatoms. The van der Waals surface area contributed by atoms with Crippen molar-refractivity contribution >= 4 is 23.4 Å². The number of amides is 1. The summed E-state index contributed by atoms with van der Waals surface area (Å²) in [5, 5.41) is 20.6. The van der Waals surface area contributed by atoms with Gasteiger partial charge in [0.05, 0.1) is 17.6 Å². The molecule has 1 fully saturated rings. The van der Waals surface area contributed by atoms with Crippen molar-refractivity contribution in [2.24, 2.45) is 5.92 Å². The van der Waals surface area contributed by atoms with Gasteiger partial charge in [-0.15, -0.1) is 11.8 Å². The molecule has 2 unspecified atom stereocenters. The first-order valence-electron chi connectivity index (χ1n) is 6.73. The summed E-state index contributed by atoms with van der Waals surface area (Å²) in [7, 11) is 0. The Kier molecular flexibility index (Phi) is 4.84. The largest absolute Gasteiger partial charge is 0.394 e. The molecule has 0 saturated carbocycles. The number of hydrogen-bond donors (Lipinski definition) is 1. The minimum atomic E-state index is -0.537. The molecule has 2 rings (SSSR count). The molecule has 1 saturated heterocycles. The monoisotopic (exact) mass is 310 g/mol. The molecule has 6 nitrogen and oxygen atoms in total. The fourth-order valence-electron chi connectivity index (χ4n) is 2.67. The SMILES string of the molecule is CSc1ccc([N+](=O)[O-])c(C(=O)N2CCC(C)C2CO)c1. The van der Waals surface area contributed by atoms with E-state index in [0.29, 0.717) is 6.54 Å². The zero-order valence-corrected chi connectivity index (χ0v) is 12.8. The van der Waals surface area contributed by atoms with Crippen molar-refractivity contribution in [2.75, 3.05) is 19.4 Å². The van der Waals surface area contributed by atoms with Crippen LogP contribution in [0.25, 0.3) is 0 Å². The second-order valence-corrected chi connectivity index (χ2v) is 6.03. The minimum Gasteiger partial charge on any atom is -0.394 e. The lowest BCUT2D eigenvalue weighted by Gasteiger charge is -2.25. The van der Waals surface area contributed by atoms with E-state index >= 15 is 0 Å². The number of nitro groups is 1. The number of nitrogens with zero attached hydrogens (tertiary/aromatic N) is 2. The van der Waals surface area contributed by atoms with E-state index < -0.39 is 4.92 Å². The number of benzene rings is 1. The summed E-state index contributed by atoms with van der Waals surface area (Å²) < 4.78 is 0. The van der Waals surface area contributed by atoms with E-state index in [1.807, 2.05) is 13.2 Å². The highest BCUT2D eigenvalue weighted by Gasteiger charge is 2.36. The molecule has 114 valence electrons. The number of nitro benzene ring substituents is 1. The van der Waals surface area contributed by atoms with E-state index in [1.54, 1.807) is 17.0 Å². The molecule has 1 aliphatic heterocycles. The summed E-state index contributed by atoms with van der Waals surface area (Å²) in [5.41, 5.74) is -0.0894. The number of aliphatic hydroxyl groups excluding tert-OH is 1. The van der Waals surface area contributed by atoms with Gasteiger partial charge in [0.15, 0.2) is 0 Å². The number of hydrogen-bond acceptors (Lipinski definition) is 5. The van der Waals surface area contributed by atoms with Gasteiger partial charge in [-0.2, -0.15) is 0 Å². The highest BCUT2D eigenvalue weighted by Crippen LogP contribution is 2.30. The maximum absolute atomic E-state index is 12.7. The van der Waals surface area contributed by atoms with Crippen LogP contribution in [0.15, 0.2) is 23.1 Å². The second kappa shape index (κ2) is 6.44. The summed E-state index contributed by atoms with van der Waals surface area (Å²) in [4.78, 5) is 25.6. The molecular formula is C14H18N2O4S. The van der Waals surface area contributed by atoms with Crippen molar-refractivity contribution in [3.8, 4) is 0 Å². The van der Waals surface area contributed by atoms with Crippen LogP contribution >= 0.6 is 11.8 Å². The Morgan fingerprint density at radius 1 is 1.57 bits per heavy atom. The number of aliphatic hydroxyl groups is 1. The number of carbonyl (C=O) groups is 1. The Bertz CT molecular complexity index is 564. The van der Waals surface area contributed by atoms with E-state index in [4.69, 9.17) is 0 Å². The first kappa shape index (κ1) is 15.8. The van der Waals surface area contributed by atoms with Crippen LogP contribution in [0.3, 0.4) is 0 Å². The van der Waals surface area contributed by atoms with Crippen molar-refractivity contribution in [3.63, 3.8) is 0 Å². The van der Waals surface area contributed by atoms with Gasteiger partial charge in [0, 0.05) is 17.5 Å². The Morgan fingerprint density at radius 3 is 2.86 bits per heavy atom. The van der Waals surface area contributed by atoms with Crippen molar-refractivity contribution < 1.29 is 14.8 Å². The summed E-state index contributed by atoms with van der Waals surface area (Å²) in [5.74, 6) is -0.178. The predicted molar refractivity (Wildman–Crippen MR) is 80.6 cm³/mol. The number of rotatable bonds is 4. The molecule has 0 aliphatic carbocycles. The molecule has 1 heterocycles. The highest BCUT2D eigenvalue weighted by molar-refractivity contribution is 7.98. The Morgan fingerprint density at radius 2 is 2.29 bits per heavy atom. The lowest BCUT2D eigenvalue weighted by Crippen LogP contribution is -2.40. The molecule has 1 N–H and O–H groups in total. The Labute approximate surface area is 127 Å². The molecule has 0 aromatic heterocycles. The normalized spacial score (nSPS) is 21.6. The molecule has 0 bridgehead atoms. The molecular weight excluding hydrogens is 292 g/mol. The first-order valence-corrected chi connectivity index (χ1v) is 7.96. The van der Waals surface area contributed by atoms with Crippen LogP contribution in [0, 0.1) is 16.0 Å². The highest BCUT2D eigenvalue weighted by atomic mass is 32.2. The number of likely N-dealkylation sites (tertiary alicyclic amines) is 1. The molecule has 0 spiro atoms. The topological polar surface area (TPSA) is 83.7 Å². The first-order chi connectivity index (χ1) is 9.99. The van der Waals surface area contributed by atoms with Gasteiger partial charge >= 0.3 is 0 Å². The molecule has 1 aromatic rings. The fraction of sp³-hybridized carbons (Fsp3) is 0.500. The van der Waals surface area contributed by atoms with Crippen LogP contribution in [0.2, 0.25) is 0 Å². The maximum Gasteiger partial charge on any atom is 0.282 e. The summed E-state index contributed by atoms with van der Waals surface area (Å²) in [6, 6.07) is 4.29. The zero-order valence-electron chi connectivity index (χ0n) is 12.0. The summed E-state index contributed by atoms with van der Waals surface area (Å²) in [6.45, 7) is 2.37. The van der Waals surface area contributed by atoms with Crippen LogP contribution in [-0.2, 0) is 0 Å². The smallest absolute Gasteiger partial charge is 0.282 e. The molecule has 1 aliphatic rings. The van der Waals surface area contributed by atoms with Gasteiger partial charge < -0.3 is 10.0 Å². The molecule has 2 atom stereocenters. The lowest BCUT2D eigenvalue weighted by molar-refractivity contribution is -0.385.